The van der Waals surface area contributed by atoms with Crippen molar-refractivity contribution in [1.29, 1.82) is 0 Å². The van der Waals surface area contributed by atoms with E-state index in [0.29, 0.717) is 6.04 Å². The van der Waals surface area contributed by atoms with Gasteiger partial charge in [0.25, 0.3) is 0 Å². The van der Waals surface area contributed by atoms with Gasteiger partial charge in [-0.2, -0.15) is 0 Å². The zero-order valence-corrected chi connectivity index (χ0v) is 12.8. The van der Waals surface area contributed by atoms with Crippen molar-refractivity contribution in [3.8, 4) is 0 Å². The molecule has 2 nitrogen and oxygen atoms in total. The number of rotatable bonds is 6. The molecule has 0 aromatic rings. The molecule has 108 valence electrons. The molecule has 3 unspecified atom stereocenters. The standard InChI is InChI=1S/C16H33NO/c1-5-11-16(4,18)12-17-15-8-6-7-14(9-10-15)13(2)3/h13-15,17-18H,5-12H2,1-4H3. The second kappa shape index (κ2) is 7.49. The lowest BCUT2D eigenvalue weighted by molar-refractivity contribution is 0.0465. The van der Waals surface area contributed by atoms with Crippen LogP contribution in [0.5, 0.6) is 0 Å². The first-order chi connectivity index (χ1) is 8.44. The molecule has 1 aliphatic carbocycles. The van der Waals surface area contributed by atoms with Crippen LogP contribution >= 0.6 is 0 Å². The Hall–Kier alpha value is -0.0800. The molecule has 0 spiro atoms. The molecule has 2 N–H and O–H groups in total. The molecule has 1 rings (SSSR count). The van der Waals surface area contributed by atoms with Crippen molar-refractivity contribution in [1.82, 2.24) is 5.32 Å². The SMILES string of the molecule is CCCC(C)(O)CNC1CCCC(C(C)C)CC1. The van der Waals surface area contributed by atoms with Crippen molar-refractivity contribution < 1.29 is 5.11 Å². The van der Waals surface area contributed by atoms with Gasteiger partial charge in [-0.3, -0.25) is 0 Å². The van der Waals surface area contributed by atoms with Crippen molar-refractivity contribution in [3.63, 3.8) is 0 Å². The van der Waals surface area contributed by atoms with Crippen molar-refractivity contribution in [2.45, 2.75) is 84.3 Å². The number of hydrogen-bond donors (Lipinski definition) is 2. The summed E-state index contributed by atoms with van der Waals surface area (Å²) in [6.45, 7) is 9.54. The second-order valence-corrected chi connectivity index (χ2v) is 6.84. The summed E-state index contributed by atoms with van der Waals surface area (Å²) in [7, 11) is 0. The van der Waals surface area contributed by atoms with Crippen molar-refractivity contribution >= 4 is 0 Å². The molecule has 0 amide bonds. The minimum Gasteiger partial charge on any atom is -0.389 e. The van der Waals surface area contributed by atoms with E-state index in [0.717, 1.165) is 31.2 Å². The van der Waals surface area contributed by atoms with Gasteiger partial charge < -0.3 is 10.4 Å². The van der Waals surface area contributed by atoms with Crippen LogP contribution in [-0.2, 0) is 0 Å². The lowest BCUT2D eigenvalue weighted by atomic mass is 9.89. The molecular weight excluding hydrogens is 222 g/mol. The van der Waals surface area contributed by atoms with E-state index in [2.05, 4.69) is 26.1 Å². The molecule has 0 bridgehead atoms. The Bertz CT molecular complexity index is 225. The average molecular weight is 255 g/mol. The highest BCUT2D eigenvalue weighted by molar-refractivity contribution is 4.81. The Morgan fingerprint density at radius 1 is 1.22 bits per heavy atom. The summed E-state index contributed by atoms with van der Waals surface area (Å²) < 4.78 is 0. The van der Waals surface area contributed by atoms with Crippen LogP contribution in [0.2, 0.25) is 0 Å². The number of nitrogens with one attached hydrogen (secondary N) is 1. The van der Waals surface area contributed by atoms with E-state index >= 15 is 0 Å². The Morgan fingerprint density at radius 3 is 2.56 bits per heavy atom. The molecule has 0 aliphatic heterocycles. The van der Waals surface area contributed by atoms with Crippen LogP contribution in [0.1, 0.15) is 72.6 Å². The third kappa shape index (κ3) is 5.71. The first-order valence-corrected chi connectivity index (χ1v) is 7.90. The van der Waals surface area contributed by atoms with E-state index in [9.17, 15) is 5.11 Å². The minimum atomic E-state index is -0.529. The molecule has 18 heavy (non-hydrogen) atoms. The van der Waals surface area contributed by atoms with Gasteiger partial charge >= 0.3 is 0 Å². The smallest absolute Gasteiger partial charge is 0.0743 e. The van der Waals surface area contributed by atoms with E-state index in [1.165, 1.54) is 32.1 Å². The van der Waals surface area contributed by atoms with Gasteiger partial charge in [0.05, 0.1) is 5.60 Å². The highest BCUT2D eigenvalue weighted by Gasteiger charge is 2.24. The highest BCUT2D eigenvalue weighted by Crippen LogP contribution is 2.29. The van der Waals surface area contributed by atoms with Gasteiger partial charge in [0, 0.05) is 12.6 Å². The van der Waals surface area contributed by atoms with Gasteiger partial charge in [0.2, 0.25) is 0 Å². The van der Waals surface area contributed by atoms with Crippen molar-refractivity contribution in [2.75, 3.05) is 6.54 Å². The topological polar surface area (TPSA) is 32.3 Å². The molecule has 1 fully saturated rings. The molecule has 3 atom stereocenters. The Labute approximate surface area is 114 Å². The summed E-state index contributed by atoms with van der Waals surface area (Å²) >= 11 is 0. The first kappa shape index (κ1) is 16.0. The van der Waals surface area contributed by atoms with Crippen LogP contribution in [0.3, 0.4) is 0 Å². The van der Waals surface area contributed by atoms with Crippen molar-refractivity contribution in [3.05, 3.63) is 0 Å². The molecule has 0 aromatic carbocycles. The van der Waals surface area contributed by atoms with Crippen LogP contribution in [-0.4, -0.2) is 23.3 Å². The Balaban J connectivity index is 2.31. The Kier molecular flexibility index (Phi) is 6.65. The molecule has 2 heteroatoms. The number of hydrogen-bond acceptors (Lipinski definition) is 2. The quantitative estimate of drug-likeness (QED) is 0.709. The van der Waals surface area contributed by atoms with E-state index in [1.807, 2.05) is 6.92 Å². The lowest BCUT2D eigenvalue weighted by Crippen LogP contribution is -2.42. The summed E-state index contributed by atoms with van der Waals surface area (Å²) in [5.41, 5.74) is -0.529. The summed E-state index contributed by atoms with van der Waals surface area (Å²) in [6.07, 6.45) is 8.59. The lowest BCUT2D eigenvalue weighted by Gasteiger charge is -2.26. The molecule has 1 aliphatic rings. The molecule has 1 saturated carbocycles. The summed E-state index contributed by atoms with van der Waals surface area (Å²) in [5, 5.41) is 13.8. The largest absolute Gasteiger partial charge is 0.389 e. The third-order valence-corrected chi connectivity index (χ3v) is 4.52. The molecule has 0 aromatic heterocycles. The fourth-order valence-corrected chi connectivity index (χ4v) is 3.19. The summed E-state index contributed by atoms with van der Waals surface area (Å²) in [5.74, 6) is 1.74. The van der Waals surface area contributed by atoms with E-state index < -0.39 is 5.60 Å². The predicted octanol–water partition coefficient (Wildman–Crippen LogP) is 3.73. The van der Waals surface area contributed by atoms with Crippen LogP contribution in [0.4, 0.5) is 0 Å². The highest BCUT2D eigenvalue weighted by atomic mass is 16.3. The first-order valence-electron chi connectivity index (χ1n) is 7.90. The van der Waals surface area contributed by atoms with Gasteiger partial charge in [-0.05, 0) is 44.4 Å². The fraction of sp³-hybridized carbons (Fsp3) is 1.00. The predicted molar refractivity (Wildman–Crippen MR) is 78.7 cm³/mol. The zero-order valence-electron chi connectivity index (χ0n) is 12.8. The molecule has 0 radical (unpaired) electrons. The van der Waals surface area contributed by atoms with E-state index in [4.69, 9.17) is 0 Å². The van der Waals surface area contributed by atoms with Crippen LogP contribution in [0.15, 0.2) is 0 Å². The van der Waals surface area contributed by atoms with Crippen LogP contribution < -0.4 is 5.32 Å². The monoisotopic (exact) mass is 255 g/mol. The van der Waals surface area contributed by atoms with Gasteiger partial charge in [0.1, 0.15) is 0 Å². The van der Waals surface area contributed by atoms with Crippen molar-refractivity contribution in [2.24, 2.45) is 11.8 Å². The average Bonchev–Trinajstić information content (AvgIpc) is 2.51. The second-order valence-electron chi connectivity index (χ2n) is 6.84. The van der Waals surface area contributed by atoms with Crippen LogP contribution in [0, 0.1) is 11.8 Å². The minimum absolute atomic E-state index is 0.529. The maximum Gasteiger partial charge on any atom is 0.0743 e. The normalized spacial score (nSPS) is 29.0. The van der Waals surface area contributed by atoms with Gasteiger partial charge in [-0.15, -0.1) is 0 Å². The van der Waals surface area contributed by atoms with E-state index in [-0.39, 0.29) is 0 Å². The van der Waals surface area contributed by atoms with Gasteiger partial charge in [0.15, 0.2) is 0 Å². The number of aliphatic hydroxyl groups is 1. The third-order valence-electron chi connectivity index (χ3n) is 4.52. The zero-order chi connectivity index (χ0) is 13.6. The van der Waals surface area contributed by atoms with Gasteiger partial charge in [-0.1, -0.05) is 40.0 Å². The maximum absolute atomic E-state index is 10.2. The molecule has 0 heterocycles. The summed E-state index contributed by atoms with van der Waals surface area (Å²) in [4.78, 5) is 0. The molecule has 0 saturated heterocycles. The fourth-order valence-electron chi connectivity index (χ4n) is 3.19. The van der Waals surface area contributed by atoms with E-state index in [1.54, 1.807) is 0 Å². The van der Waals surface area contributed by atoms with Gasteiger partial charge in [-0.25, -0.2) is 0 Å². The maximum atomic E-state index is 10.2. The summed E-state index contributed by atoms with van der Waals surface area (Å²) in [6, 6.07) is 0.622. The molecular formula is C16H33NO. The van der Waals surface area contributed by atoms with Crippen LogP contribution in [0.25, 0.3) is 0 Å². The Morgan fingerprint density at radius 2 is 1.94 bits per heavy atom.